The molecule has 1 aromatic carbocycles. The molecule has 0 bridgehead atoms. The van der Waals surface area contributed by atoms with Crippen molar-refractivity contribution < 1.29 is 9.59 Å². The molecule has 2 aliphatic rings. The van der Waals surface area contributed by atoms with E-state index in [2.05, 4.69) is 22.6 Å². The minimum Gasteiger partial charge on any atom is -0.298 e. The number of carbonyl (C=O) groups excluding carboxylic acids is 2. The maximum Gasteiger partial charge on any atom is 0.154 e. The lowest BCUT2D eigenvalue weighted by Crippen LogP contribution is -2.31. The van der Waals surface area contributed by atoms with Crippen molar-refractivity contribution in [2.45, 2.75) is 38.5 Å². The number of carbonyl (C=O) groups is 2. The van der Waals surface area contributed by atoms with Crippen LogP contribution in [0.1, 0.15) is 44.1 Å². The van der Waals surface area contributed by atoms with Gasteiger partial charge in [0.2, 0.25) is 0 Å². The Hall–Kier alpha value is -0.710. The lowest BCUT2D eigenvalue weighted by molar-refractivity contribution is -0.135. The van der Waals surface area contributed by atoms with Crippen LogP contribution >= 0.6 is 22.6 Å². The SMILES string of the molecule is C[C@H]1C(=O)C2(CCCC2)C(=O)[C@@H]1c1ccccc1I. The van der Waals surface area contributed by atoms with E-state index in [-0.39, 0.29) is 23.4 Å². The van der Waals surface area contributed by atoms with Gasteiger partial charge in [-0.25, -0.2) is 0 Å². The van der Waals surface area contributed by atoms with Crippen LogP contribution in [0.25, 0.3) is 0 Å². The highest BCUT2D eigenvalue weighted by molar-refractivity contribution is 14.1. The molecule has 0 unspecified atom stereocenters. The first-order valence-corrected chi connectivity index (χ1v) is 7.99. The third-order valence-corrected chi connectivity index (χ3v) is 5.82. The number of rotatable bonds is 1. The van der Waals surface area contributed by atoms with Gasteiger partial charge in [-0.2, -0.15) is 0 Å². The Morgan fingerprint density at radius 1 is 1.11 bits per heavy atom. The molecule has 1 aromatic rings. The molecule has 0 heterocycles. The lowest BCUT2D eigenvalue weighted by atomic mass is 9.81. The maximum absolute atomic E-state index is 12.9. The fourth-order valence-corrected chi connectivity index (χ4v) is 4.57. The first kappa shape index (κ1) is 13.3. The van der Waals surface area contributed by atoms with Crippen molar-refractivity contribution in [1.82, 2.24) is 0 Å². The number of halogens is 1. The molecule has 3 rings (SSSR count). The summed E-state index contributed by atoms with van der Waals surface area (Å²) in [5.74, 6) is -0.00788. The van der Waals surface area contributed by atoms with Gasteiger partial charge in [-0.3, -0.25) is 9.59 Å². The van der Waals surface area contributed by atoms with Crippen LogP contribution in [-0.4, -0.2) is 11.6 Å². The van der Waals surface area contributed by atoms with E-state index >= 15 is 0 Å². The summed E-state index contributed by atoms with van der Waals surface area (Å²) < 4.78 is 1.09. The van der Waals surface area contributed by atoms with Gasteiger partial charge in [0.15, 0.2) is 5.78 Å². The van der Waals surface area contributed by atoms with Crippen molar-refractivity contribution in [2.24, 2.45) is 11.3 Å². The van der Waals surface area contributed by atoms with Gasteiger partial charge in [-0.15, -0.1) is 0 Å². The predicted octanol–water partition coefficient (Wildman–Crippen LogP) is 3.72. The van der Waals surface area contributed by atoms with Crippen LogP contribution in [0.5, 0.6) is 0 Å². The quantitative estimate of drug-likeness (QED) is 0.559. The van der Waals surface area contributed by atoms with Crippen LogP contribution < -0.4 is 0 Å². The van der Waals surface area contributed by atoms with Crippen LogP contribution in [0.4, 0.5) is 0 Å². The Bertz CT molecular complexity index is 543. The Balaban J connectivity index is 2.07. The van der Waals surface area contributed by atoms with Gasteiger partial charge in [0.05, 0.1) is 11.3 Å². The second-order valence-corrected chi connectivity index (χ2v) is 6.97. The normalized spacial score (nSPS) is 29.4. The molecule has 0 saturated heterocycles. The summed E-state index contributed by atoms with van der Waals surface area (Å²) in [6, 6.07) is 7.95. The van der Waals surface area contributed by atoms with E-state index in [4.69, 9.17) is 0 Å². The van der Waals surface area contributed by atoms with Gasteiger partial charge in [0, 0.05) is 9.49 Å². The number of ketones is 2. The summed E-state index contributed by atoms with van der Waals surface area (Å²) in [4.78, 5) is 25.5. The van der Waals surface area contributed by atoms with Crippen LogP contribution in [0.2, 0.25) is 0 Å². The zero-order valence-electron chi connectivity index (χ0n) is 11.0. The molecule has 0 aromatic heterocycles. The summed E-state index contributed by atoms with van der Waals surface area (Å²) in [5.41, 5.74) is 0.404. The summed E-state index contributed by atoms with van der Waals surface area (Å²) in [7, 11) is 0. The molecule has 3 heteroatoms. The molecule has 2 nitrogen and oxygen atoms in total. The number of Topliss-reactive ketones (excluding diaryl/α,β-unsaturated/α-hetero) is 2. The summed E-state index contributed by atoms with van der Waals surface area (Å²) in [6.45, 7) is 1.93. The largest absolute Gasteiger partial charge is 0.298 e. The monoisotopic (exact) mass is 368 g/mol. The van der Waals surface area contributed by atoms with E-state index in [1.165, 1.54) is 0 Å². The third kappa shape index (κ3) is 1.81. The zero-order chi connectivity index (χ0) is 13.6. The molecule has 0 aliphatic heterocycles. The Kier molecular flexibility index (Phi) is 3.28. The molecular formula is C16H17IO2. The fraction of sp³-hybridized carbons (Fsp3) is 0.500. The van der Waals surface area contributed by atoms with Crippen molar-refractivity contribution in [1.29, 1.82) is 0 Å². The molecule has 1 spiro atoms. The van der Waals surface area contributed by atoms with Gasteiger partial charge in [0.25, 0.3) is 0 Å². The van der Waals surface area contributed by atoms with E-state index in [0.29, 0.717) is 0 Å². The minimum atomic E-state index is -0.636. The Morgan fingerprint density at radius 2 is 1.74 bits per heavy atom. The zero-order valence-corrected chi connectivity index (χ0v) is 13.1. The van der Waals surface area contributed by atoms with Crippen LogP contribution in [-0.2, 0) is 9.59 Å². The standard InChI is InChI=1S/C16H17IO2/c1-10-13(11-6-2-3-7-12(11)17)15(19)16(14(10)18)8-4-5-9-16/h2-3,6-7,10,13H,4-5,8-9H2,1H3/t10-,13+/m1/s1. The van der Waals surface area contributed by atoms with E-state index < -0.39 is 5.41 Å². The van der Waals surface area contributed by atoms with Crippen molar-refractivity contribution in [3.63, 3.8) is 0 Å². The molecule has 0 N–H and O–H groups in total. The average molecular weight is 368 g/mol. The van der Waals surface area contributed by atoms with Crippen molar-refractivity contribution in [3.05, 3.63) is 33.4 Å². The fourth-order valence-electron chi connectivity index (χ4n) is 3.84. The van der Waals surface area contributed by atoms with Crippen LogP contribution in [0.15, 0.2) is 24.3 Å². The Morgan fingerprint density at radius 3 is 2.37 bits per heavy atom. The maximum atomic E-state index is 12.9. The smallest absolute Gasteiger partial charge is 0.154 e. The number of hydrogen-bond donors (Lipinski definition) is 0. The number of benzene rings is 1. The molecule has 100 valence electrons. The van der Waals surface area contributed by atoms with Gasteiger partial charge >= 0.3 is 0 Å². The highest BCUT2D eigenvalue weighted by atomic mass is 127. The van der Waals surface area contributed by atoms with E-state index in [9.17, 15) is 9.59 Å². The second kappa shape index (κ2) is 4.69. The van der Waals surface area contributed by atoms with E-state index in [1.54, 1.807) is 0 Å². The molecule has 0 amide bonds. The highest BCUT2D eigenvalue weighted by Gasteiger charge is 2.59. The van der Waals surface area contributed by atoms with Crippen LogP contribution in [0, 0.1) is 14.9 Å². The first-order valence-electron chi connectivity index (χ1n) is 6.91. The van der Waals surface area contributed by atoms with Gasteiger partial charge in [-0.05, 0) is 47.1 Å². The highest BCUT2D eigenvalue weighted by Crippen LogP contribution is 2.53. The van der Waals surface area contributed by atoms with Crippen molar-refractivity contribution in [3.8, 4) is 0 Å². The molecule has 2 fully saturated rings. The molecular weight excluding hydrogens is 351 g/mol. The summed E-state index contributed by atoms with van der Waals surface area (Å²) >= 11 is 2.27. The van der Waals surface area contributed by atoms with E-state index in [1.807, 2.05) is 31.2 Å². The molecule has 2 atom stereocenters. The van der Waals surface area contributed by atoms with Gasteiger partial charge in [-0.1, -0.05) is 38.0 Å². The molecule has 0 radical (unpaired) electrons. The number of hydrogen-bond acceptors (Lipinski definition) is 2. The summed E-state index contributed by atoms with van der Waals surface area (Å²) in [5, 5.41) is 0. The van der Waals surface area contributed by atoms with Gasteiger partial charge in [0.1, 0.15) is 5.78 Å². The van der Waals surface area contributed by atoms with Gasteiger partial charge < -0.3 is 0 Å². The Labute approximate surface area is 127 Å². The molecule has 2 saturated carbocycles. The molecule has 2 aliphatic carbocycles. The minimum absolute atomic E-state index is 0.165. The first-order chi connectivity index (χ1) is 9.08. The van der Waals surface area contributed by atoms with Crippen molar-refractivity contribution >= 4 is 34.2 Å². The second-order valence-electron chi connectivity index (χ2n) is 5.81. The predicted molar refractivity (Wildman–Crippen MR) is 82.0 cm³/mol. The summed E-state index contributed by atoms with van der Waals surface area (Å²) in [6.07, 6.45) is 3.58. The lowest BCUT2D eigenvalue weighted by Gasteiger charge is -2.19. The topological polar surface area (TPSA) is 34.1 Å². The average Bonchev–Trinajstić information content (AvgIpc) is 2.95. The van der Waals surface area contributed by atoms with E-state index in [0.717, 1.165) is 34.8 Å². The van der Waals surface area contributed by atoms with Crippen molar-refractivity contribution in [2.75, 3.05) is 0 Å². The third-order valence-electron chi connectivity index (χ3n) is 4.84. The van der Waals surface area contributed by atoms with Crippen LogP contribution in [0.3, 0.4) is 0 Å². The molecule has 19 heavy (non-hydrogen) atoms.